The number of rotatable bonds is 8. The van der Waals surface area contributed by atoms with Gasteiger partial charge in [0.1, 0.15) is 0 Å². The highest BCUT2D eigenvalue weighted by Crippen LogP contribution is 2.30. The highest BCUT2D eigenvalue weighted by atomic mass is 32.2. The molecule has 1 saturated carbocycles. The van der Waals surface area contributed by atoms with Gasteiger partial charge in [0.25, 0.3) is 5.91 Å². The number of anilines is 1. The van der Waals surface area contributed by atoms with Crippen molar-refractivity contribution in [3.63, 3.8) is 0 Å². The molecule has 0 spiro atoms. The van der Waals surface area contributed by atoms with E-state index in [0.717, 1.165) is 25.0 Å². The van der Waals surface area contributed by atoms with E-state index in [2.05, 4.69) is 22.8 Å². The average Bonchev–Trinajstić information content (AvgIpc) is 3.47. The minimum absolute atomic E-state index is 0.0514. The summed E-state index contributed by atoms with van der Waals surface area (Å²) in [5.74, 6) is 1.06. The number of carbonyl (C=O) groups excluding carboxylic acids is 2. The summed E-state index contributed by atoms with van der Waals surface area (Å²) in [7, 11) is 0. The molecule has 4 nitrogen and oxygen atoms in total. The lowest BCUT2D eigenvalue weighted by molar-refractivity contribution is -0.117. The number of thioether (sulfide) groups is 1. The first-order valence-electron chi connectivity index (χ1n) is 8.59. The van der Waals surface area contributed by atoms with E-state index in [-0.39, 0.29) is 17.7 Å². The van der Waals surface area contributed by atoms with E-state index < -0.39 is 0 Å². The van der Waals surface area contributed by atoms with Crippen LogP contribution in [-0.4, -0.2) is 24.1 Å². The summed E-state index contributed by atoms with van der Waals surface area (Å²) in [4.78, 5) is 25.3. The summed E-state index contributed by atoms with van der Waals surface area (Å²) in [5, 5.41) is 5.81. The van der Waals surface area contributed by atoms with Crippen molar-refractivity contribution in [2.45, 2.75) is 24.2 Å². The summed E-state index contributed by atoms with van der Waals surface area (Å²) < 4.78 is 0. The standard InChI is InChI=1S/C20H22N2O2S/c23-19(21-12-5-13-25-18-8-2-1-3-9-18)16-6-4-7-17(14-16)22-20(24)15-10-11-15/h1-4,6-9,14-15H,5,10-13H2,(H,21,23)(H,22,24). The third kappa shape index (κ3) is 5.64. The fraction of sp³-hybridized carbons (Fsp3) is 0.300. The van der Waals surface area contributed by atoms with Crippen LogP contribution >= 0.6 is 11.8 Å². The van der Waals surface area contributed by atoms with Crippen LogP contribution < -0.4 is 10.6 Å². The van der Waals surface area contributed by atoms with E-state index in [1.54, 1.807) is 30.0 Å². The zero-order valence-corrected chi connectivity index (χ0v) is 14.9. The van der Waals surface area contributed by atoms with Gasteiger partial charge in [-0.1, -0.05) is 24.3 Å². The number of nitrogens with one attached hydrogen (secondary N) is 2. The lowest BCUT2D eigenvalue weighted by Crippen LogP contribution is -2.25. The first-order valence-corrected chi connectivity index (χ1v) is 9.58. The Hall–Kier alpha value is -2.27. The van der Waals surface area contributed by atoms with Gasteiger partial charge in [0.15, 0.2) is 0 Å². The van der Waals surface area contributed by atoms with E-state index in [4.69, 9.17) is 0 Å². The van der Waals surface area contributed by atoms with Gasteiger partial charge in [-0.05, 0) is 55.3 Å². The molecule has 130 valence electrons. The van der Waals surface area contributed by atoms with Gasteiger partial charge in [-0.2, -0.15) is 0 Å². The number of amides is 2. The second-order valence-electron chi connectivity index (χ2n) is 6.12. The smallest absolute Gasteiger partial charge is 0.251 e. The van der Waals surface area contributed by atoms with E-state index in [9.17, 15) is 9.59 Å². The highest BCUT2D eigenvalue weighted by Gasteiger charge is 2.29. The van der Waals surface area contributed by atoms with Gasteiger partial charge in [0.05, 0.1) is 0 Å². The molecule has 2 aromatic carbocycles. The third-order valence-electron chi connectivity index (χ3n) is 3.96. The molecule has 0 unspecified atom stereocenters. The van der Waals surface area contributed by atoms with Crippen LogP contribution in [0, 0.1) is 5.92 Å². The largest absolute Gasteiger partial charge is 0.352 e. The van der Waals surface area contributed by atoms with Gasteiger partial charge in [-0.25, -0.2) is 0 Å². The number of benzene rings is 2. The van der Waals surface area contributed by atoms with Crippen molar-refractivity contribution in [3.05, 3.63) is 60.2 Å². The average molecular weight is 354 g/mol. The Bertz CT molecular complexity index is 729. The topological polar surface area (TPSA) is 58.2 Å². The summed E-state index contributed by atoms with van der Waals surface area (Å²) in [6, 6.07) is 17.3. The molecule has 0 aliphatic heterocycles. The lowest BCUT2D eigenvalue weighted by Gasteiger charge is -2.08. The molecule has 0 bridgehead atoms. The van der Waals surface area contributed by atoms with Crippen LogP contribution in [0.25, 0.3) is 0 Å². The molecular formula is C20H22N2O2S. The maximum Gasteiger partial charge on any atom is 0.251 e. The lowest BCUT2D eigenvalue weighted by atomic mass is 10.2. The second-order valence-corrected chi connectivity index (χ2v) is 7.28. The van der Waals surface area contributed by atoms with Crippen LogP contribution in [0.15, 0.2) is 59.5 Å². The number of hydrogen-bond acceptors (Lipinski definition) is 3. The summed E-state index contributed by atoms with van der Waals surface area (Å²) in [6.07, 6.45) is 2.84. The van der Waals surface area contributed by atoms with Crippen molar-refractivity contribution in [2.24, 2.45) is 5.92 Å². The SMILES string of the molecule is O=C(NCCCSc1ccccc1)c1cccc(NC(=O)C2CC2)c1. The Balaban J connectivity index is 1.41. The van der Waals surface area contributed by atoms with Crippen molar-refractivity contribution in [1.29, 1.82) is 0 Å². The van der Waals surface area contributed by atoms with Crippen molar-refractivity contribution >= 4 is 29.3 Å². The van der Waals surface area contributed by atoms with Gasteiger partial charge in [0.2, 0.25) is 5.91 Å². The molecule has 0 heterocycles. The summed E-state index contributed by atoms with van der Waals surface area (Å²) >= 11 is 1.79. The normalized spacial score (nSPS) is 13.3. The fourth-order valence-corrected chi connectivity index (χ4v) is 3.28. The van der Waals surface area contributed by atoms with Gasteiger partial charge >= 0.3 is 0 Å². The van der Waals surface area contributed by atoms with Gasteiger partial charge in [-0.15, -0.1) is 11.8 Å². The predicted molar refractivity (Wildman–Crippen MR) is 102 cm³/mol. The Morgan fingerprint density at radius 1 is 1.04 bits per heavy atom. The molecule has 25 heavy (non-hydrogen) atoms. The quantitative estimate of drug-likeness (QED) is 0.557. The summed E-state index contributed by atoms with van der Waals surface area (Å²) in [6.45, 7) is 0.636. The van der Waals surface area contributed by atoms with Gasteiger partial charge < -0.3 is 10.6 Å². The maximum absolute atomic E-state index is 12.2. The molecule has 1 aliphatic rings. The molecule has 0 aromatic heterocycles. The Labute approximate surface area is 152 Å². The van der Waals surface area contributed by atoms with Crippen molar-refractivity contribution < 1.29 is 9.59 Å². The monoisotopic (exact) mass is 354 g/mol. The third-order valence-corrected chi connectivity index (χ3v) is 5.06. The first-order chi connectivity index (χ1) is 12.2. The summed E-state index contributed by atoms with van der Waals surface area (Å²) in [5.41, 5.74) is 1.26. The van der Waals surface area contributed by atoms with Crippen LogP contribution in [0.3, 0.4) is 0 Å². The maximum atomic E-state index is 12.2. The van der Waals surface area contributed by atoms with Crippen LogP contribution in [0.2, 0.25) is 0 Å². The minimum atomic E-state index is -0.104. The first kappa shape index (κ1) is 17.5. The van der Waals surface area contributed by atoms with Crippen LogP contribution in [0.1, 0.15) is 29.6 Å². The minimum Gasteiger partial charge on any atom is -0.352 e. The molecule has 0 radical (unpaired) electrons. The van der Waals surface area contributed by atoms with E-state index >= 15 is 0 Å². The molecule has 0 saturated heterocycles. The van der Waals surface area contributed by atoms with Crippen molar-refractivity contribution in [2.75, 3.05) is 17.6 Å². The molecule has 0 atom stereocenters. The Morgan fingerprint density at radius 2 is 1.84 bits per heavy atom. The van der Waals surface area contributed by atoms with Gasteiger partial charge in [0, 0.05) is 28.6 Å². The van der Waals surface area contributed by atoms with Crippen LogP contribution in [0.4, 0.5) is 5.69 Å². The fourth-order valence-electron chi connectivity index (χ4n) is 2.41. The Morgan fingerprint density at radius 3 is 2.60 bits per heavy atom. The predicted octanol–water partition coefficient (Wildman–Crippen LogP) is 3.95. The number of carbonyl (C=O) groups is 2. The molecule has 5 heteroatoms. The Kier molecular flexibility index (Phi) is 6.12. The molecule has 2 amide bonds. The van der Waals surface area contributed by atoms with Gasteiger partial charge in [-0.3, -0.25) is 9.59 Å². The van der Waals surface area contributed by atoms with Crippen molar-refractivity contribution in [3.8, 4) is 0 Å². The van der Waals surface area contributed by atoms with E-state index in [0.29, 0.717) is 17.8 Å². The second kappa shape index (κ2) is 8.72. The van der Waals surface area contributed by atoms with E-state index in [1.165, 1.54) is 4.90 Å². The molecule has 2 N–H and O–H groups in total. The van der Waals surface area contributed by atoms with Crippen LogP contribution in [0.5, 0.6) is 0 Å². The highest BCUT2D eigenvalue weighted by molar-refractivity contribution is 7.99. The zero-order valence-electron chi connectivity index (χ0n) is 14.0. The van der Waals surface area contributed by atoms with Crippen LogP contribution in [-0.2, 0) is 4.79 Å². The van der Waals surface area contributed by atoms with E-state index in [1.807, 2.05) is 24.3 Å². The molecule has 1 aliphatic carbocycles. The molecule has 1 fully saturated rings. The molecular weight excluding hydrogens is 332 g/mol. The number of hydrogen-bond donors (Lipinski definition) is 2. The van der Waals surface area contributed by atoms with Crippen molar-refractivity contribution in [1.82, 2.24) is 5.32 Å². The molecule has 3 rings (SSSR count). The molecule has 2 aromatic rings. The zero-order chi connectivity index (χ0) is 17.5.